The Morgan fingerprint density at radius 3 is 2.75 bits per heavy atom. The Morgan fingerprint density at radius 2 is 2.04 bits per heavy atom. The Kier molecular flexibility index (Phi) is 4.35. The first-order valence-corrected chi connectivity index (χ1v) is 9.21. The number of amides is 1. The fourth-order valence-corrected chi connectivity index (χ4v) is 4.39. The van der Waals surface area contributed by atoms with E-state index in [2.05, 4.69) is 0 Å². The molecule has 0 saturated carbocycles. The molecule has 0 aromatic heterocycles. The summed E-state index contributed by atoms with van der Waals surface area (Å²) in [5.74, 6) is -0.0772. The molecule has 0 bridgehead atoms. The van der Waals surface area contributed by atoms with Crippen molar-refractivity contribution in [3.8, 4) is 11.5 Å². The molecule has 2 heterocycles. The summed E-state index contributed by atoms with van der Waals surface area (Å²) < 4.78 is 38.3. The molecular formula is C15H17NO7S. The number of esters is 1. The second kappa shape index (κ2) is 6.31. The largest absolute Gasteiger partial charge is 0.454 e. The van der Waals surface area contributed by atoms with Crippen LogP contribution in [0.25, 0.3) is 0 Å². The van der Waals surface area contributed by atoms with Gasteiger partial charge in [-0.25, -0.2) is 13.2 Å². The van der Waals surface area contributed by atoms with Crippen LogP contribution in [0.1, 0.15) is 16.8 Å². The molecule has 1 aromatic rings. The number of hydrogen-bond donors (Lipinski definition) is 0. The van der Waals surface area contributed by atoms with Gasteiger partial charge in [0.25, 0.3) is 5.91 Å². The van der Waals surface area contributed by atoms with Crippen molar-refractivity contribution in [2.45, 2.75) is 12.5 Å². The minimum atomic E-state index is -3.08. The van der Waals surface area contributed by atoms with Gasteiger partial charge >= 0.3 is 5.97 Å². The molecule has 8 nitrogen and oxygen atoms in total. The van der Waals surface area contributed by atoms with Crippen LogP contribution in [0.2, 0.25) is 0 Å². The third-order valence-corrected chi connectivity index (χ3v) is 5.83. The first-order chi connectivity index (χ1) is 11.4. The van der Waals surface area contributed by atoms with Gasteiger partial charge in [-0.15, -0.1) is 0 Å². The van der Waals surface area contributed by atoms with Gasteiger partial charge in [-0.05, 0) is 24.6 Å². The lowest BCUT2D eigenvalue weighted by Crippen LogP contribution is -2.40. The number of hydrogen-bond acceptors (Lipinski definition) is 7. The zero-order valence-electron chi connectivity index (χ0n) is 13.1. The molecule has 9 heteroatoms. The average molecular weight is 355 g/mol. The van der Waals surface area contributed by atoms with Crippen LogP contribution in [0.15, 0.2) is 18.2 Å². The smallest absolute Gasteiger partial charge is 0.338 e. The number of nitrogens with zero attached hydrogens (tertiary/aromatic N) is 1. The van der Waals surface area contributed by atoms with Crippen LogP contribution in [0.5, 0.6) is 11.5 Å². The van der Waals surface area contributed by atoms with Gasteiger partial charge in [0.1, 0.15) is 0 Å². The van der Waals surface area contributed by atoms with E-state index in [0.29, 0.717) is 17.9 Å². The maximum atomic E-state index is 12.1. The summed E-state index contributed by atoms with van der Waals surface area (Å²) in [6.07, 6.45) is 0.403. The van der Waals surface area contributed by atoms with Gasteiger partial charge in [-0.3, -0.25) is 4.79 Å². The Labute approximate surface area is 139 Å². The van der Waals surface area contributed by atoms with Crippen LogP contribution >= 0.6 is 0 Å². The van der Waals surface area contributed by atoms with Crippen molar-refractivity contribution >= 4 is 21.7 Å². The number of carbonyl (C=O) groups excluding carboxylic acids is 2. The molecule has 1 atom stereocenters. The highest BCUT2D eigenvalue weighted by Gasteiger charge is 2.33. The molecule has 1 fully saturated rings. The Bertz CT molecular complexity index is 774. The standard InChI is InChI=1S/C15H17NO7S/c1-16(11-4-5-24(19,20)8-11)14(17)7-21-15(18)10-2-3-12-13(6-10)23-9-22-12/h2-3,6,11H,4-5,7-9H2,1H3/t11-/m0/s1. The second-order valence-electron chi connectivity index (χ2n) is 5.71. The van der Waals surface area contributed by atoms with E-state index in [9.17, 15) is 18.0 Å². The molecule has 2 aliphatic heterocycles. The van der Waals surface area contributed by atoms with E-state index >= 15 is 0 Å². The van der Waals surface area contributed by atoms with Crippen LogP contribution in [0.4, 0.5) is 0 Å². The van der Waals surface area contributed by atoms with E-state index in [1.54, 1.807) is 6.07 Å². The summed E-state index contributed by atoms with van der Waals surface area (Å²) in [7, 11) is -1.57. The van der Waals surface area contributed by atoms with Crippen molar-refractivity contribution in [2.75, 3.05) is 32.0 Å². The van der Waals surface area contributed by atoms with Gasteiger partial charge in [0.2, 0.25) is 6.79 Å². The molecule has 0 spiro atoms. The van der Waals surface area contributed by atoms with Gasteiger partial charge in [-0.1, -0.05) is 0 Å². The number of fused-ring (bicyclic) bond motifs is 1. The maximum absolute atomic E-state index is 12.1. The highest BCUT2D eigenvalue weighted by atomic mass is 32.2. The van der Waals surface area contributed by atoms with Gasteiger partial charge in [-0.2, -0.15) is 0 Å². The molecule has 24 heavy (non-hydrogen) atoms. The predicted molar refractivity (Wildman–Crippen MR) is 82.7 cm³/mol. The van der Waals surface area contributed by atoms with Crippen LogP contribution in [-0.2, 0) is 19.4 Å². The minimum Gasteiger partial charge on any atom is -0.454 e. The topological polar surface area (TPSA) is 99.2 Å². The Morgan fingerprint density at radius 1 is 1.29 bits per heavy atom. The van der Waals surface area contributed by atoms with Crippen molar-refractivity contribution in [2.24, 2.45) is 0 Å². The normalized spacial score (nSPS) is 20.6. The van der Waals surface area contributed by atoms with Crippen LogP contribution < -0.4 is 9.47 Å². The molecule has 3 rings (SSSR count). The number of carbonyl (C=O) groups is 2. The fraction of sp³-hybridized carbons (Fsp3) is 0.467. The van der Waals surface area contributed by atoms with Crippen molar-refractivity contribution in [1.82, 2.24) is 4.90 Å². The maximum Gasteiger partial charge on any atom is 0.338 e. The lowest BCUT2D eigenvalue weighted by molar-refractivity contribution is -0.134. The summed E-state index contributed by atoms with van der Waals surface area (Å²) in [4.78, 5) is 25.4. The first kappa shape index (κ1) is 16.6. The SMILES string of the molecule is CN(C(=O)COC(=O)c1ccc2c(c1)OCO2)[C@H]1CCS(=O)(=O)C1. The van der Waals surface area contributed by atoms with Crippen molar-refractivity contribution in [3.05, 3.63) is 23.8 Å². The van der Waals surface area contributed by atoms with Crippen LogP contribution in [-0.4, -0.2) is 63.2 Å². The third-order valence-electron chi connectivity index (χ3n) is 4.08. The van der Waals surface area contributed by atoms with Gasteiger partial charge < -0.3 is 19.1 Å². The van der Waals surface area contributed by atoms with Crippen molar-refractivity contribution in [3.63, 3.8) is 0 Å². The molecule has 0 unspecified atom stereocenters. The molecule has 0 radical (unpaired) electrons. The van der Waals surface area contributed by atoms with Crippen molar-refractivity contribution < 1.29 is 32.2 Å². The Hall–Kier alpha value is -2.29. The first-order valence-electron chi connectivity index (χ1n) is 7.38. The molecule has 2 aliphatic rings. The molecule has 1 saturated heterocycles. The zero-order chi connectivity index (χ0) is 17.3. The predicted octanol–water partition coefficient (Wildman–Crippen LogP) is 0.218. The molecule has 0 aliphatic carbocycles. The Balaban J connectivity index is 1.55. The second-order valence-corrected chi connectivity index (χ2v) is 7.93. The summed E-state index contributed by atoms with van der Waals surface area (Å²) in [5, 5.41) is 0. The summed E-state index contributed by atoms with van der Waals surface area (Å²) in [6, 6.07) is 4.23. The van der Waals surface area contributed by atoms with Crippen LogP contribution in [0.3, 0.4) is 0 Å². The van der Waals surface area contributed by atoms with E-state index in [1.165, 1.54) is 24.1 Å². The minimum absolute atomic E-state index is 0.0503. The molecule has 1 amide bonds. The number of rotatable bonds is 4. The summed E-state index contributed by atoms with van der Waals surface area (Å²) in [5.41, 5.74) is 0.248. The number of sulfone groups is 1. The summed E-state index contributed by atoms with van der Waals surface area (Å²) >= 11 is 0. The number of benzene rings is 1. The van der Waals surface area contributed by atoms with E-state index in [-0.39, 0.29) is 29.9 Å². The van der Waals surface area contributed by atoms with Crippen molar-refractivity contribution in [1.29, 1.82) is 0 Å². The number of likely N-dealkylation sites (N-methyl/N-ethyl adjacent to an activating group) is 1. The molecule has 0 N–H and O–H groups in total. The van der Waals surface area contributed by atoms with E-state index in [1.807, 2.05) is 0 Å². The highest BCUT2D eigenvalue weighted by Crippen LogP contribution is 2.32. The zero-order valence-corrected chi connectivity index (χ0v) is 13.9. The van der Waals surface area contributed by atoms with Gasteiger partial charge in [0.05, 0.1) is 17.1 Å². The lowest BCUT2D eigenvalue weighted by atomic mass is 10.2. The monoisotopic (exact) mass is 355 g/mol. The average Bonchev–Trinajstić information content (AvgIpc) is 3.16. The molecule has 130 valence electrons. The molecular weight excluding hydrogens is 338 g/mol. The van der Waals surface area contributed by atoms with E-state index in [4.69, 9.17) is 14.2 Å². The van der Waals surface area contributed by atoms with Gasteiger partial charge in [0, 0.05) is 13.1 Å². The lowest BCUT2D eigenvalue weighted by Gasteiger charge is -2.23. The fourth-order valence-electron chi connectivity index (χ4n) is 2.62. The highest BCUT2D eigenvalue weighted by molar-refractivity contribution is 7.91. The van der Waals surface area contributed by atoms with E-state index in [0.717, 1.165) is 0 Å². The summed E-state index contributed by atoms with van der Waals surface area (Å²) in [6.45, 7) is -0.346. The van der Waals surface area contributed by atoms with Gasteiger partial charge in [0.15, 0.2) is 27.9 Å². The third kappa shape index (κ3) is 3.45. The van der Waals surface area contributed by atoms with Crippen LogP contribution in [0, 0.1) is 0 Å². The number of ether oxygens (including phenoxy) is 3. The van der Waals surface area contributed by atoms with E-state index < -0.39 is 28.3 Å². The quantitative estimate of drug-likeness (QED) is 0.712. The molecule has 1 aromatic carbocycles.